The Morgan fingerprint density at radius 3 is 0.956 bits per heavy atom. The molecular weight excluding hydrogens is 1550 g/mol. The van der Waals surface area contributed by atoms with Gasteiger partial charge in [0.1, 0.15) is 68.7 Å². The number of fused-ring (bicyclic) bond motifs is 3. The van der Waals surface area contributed by atoms with Gasteiger partial charge in [0, 0.05) is 199 Å². The summed E-state index contributed by atoms with van der Waals surface area (Å²) in [6.45, 7) is 5.95. The smallest absolute Gasteiger partial charge is 0.314 e. The molecule has 0 bridgehead atoms. The number of aromatic hydroxyl groups is 3. The second-order valence-electron chi connectivity index (χ2n) is 26.7. The SMILES string of the molecule is CC(=O)N1CCN(c2nc(NCCC(=O)N(C)C)nc3c(F)c(-c4c(O)cccc4F)c(Cl)cc23)CC1.CN(C)C(=O)CCNc1nc(N2CCN(C(=O)C(O)O)CC2)c2cc(Cl)c(-c3c(O)cccc3F)c(F)c2n1.CN(C)C(=O)CCNc1nc(N2CCN(C(N)=O)CC2)c2cc(Cl)c(-c3c(O)cccc3F)c(F)c2n1. The van der Waals surface area contributed by atoms with E-state index in [2.05, 4.69) is 45.9 Å². The number of aliphatic hydroxyl groups is 2. The van der Waals surface area contributed by atoms with Gasteiger partial charge in [0.25, 0.3) is 5.91 Å². The Morgan fingerprint density at radius 1 is 0.434 bits per heavy atom. The summed E-state index contributed by atoms with van der Waals surface area (Å²) in [5, 5.41) is 58.4. The summed E-state index contributed by atoms with van der Waals surface area (Å²) in [6, 6.07) is 14.5. The van der Waals surface area contributed by atoms with Crippen LogP contribution in [0.5, 0.6) is 17.2 Å². The second-order valence-corrected chi connectivity index (χ2v) is 28.0. The van der Waals surface area contributed by atoms with Crippen LogP contribution in [0.1, 0.15) is 26.2 Å². The molecule has 30 nitrogen and oxygen atoms in total. The zero-order valence-electron chi connectivity index (χ0n) is 62.1. The first-order valence-electron chi connectivity index (χ1n) is 35.2. The Morgan fingerprint density at radius 2 is 0.708 bits per heavy atom. The van der Waals surface area contributed by atoms with Crippen molar-refractivity contribution in [1.82, 2.24) is 59.3 Å². The van der Waals surface area contributed by atoms with Crippen LogP contribution in [0.25, 0.3) is 66.1 Å². The minimum absolute atomic E-state index is 0.00160. The van der Waals surface area contributed by atoms with Crippen molar-refractivity contribution >= 4 is 138 Å². The highest BCUT2D eigenvalue weighted by molar-refractivity contribution is 6.36. The minimum atomic E-state index is -2.13. The first kappa shape index (κ1) is 84.0. The average molecular weight is 1630 g/mol. The number of rotatable bonds is 19. The number of piperazine rings is 3. The molecule has 12 rings (SSSR count). The van der Waals surface area contributed by atoms with Crippen molar-refractivity contribution < 1.29 is 80.6 Å². The molecule has 0 saturated carbocycles. The molecule has 0 aliphatic carbocycles. The number of phenols is 3. The molecule has 0 atom stereocenters. The van der Waals surface area contributed by atoms with Crippen molar-refractivity contribution in [3.63, 3.8) is 0 Å². The van der Waals surface area contributed by atoms with E-state index < -0.39 is 75.9 Å². The predicted molar refractivity (Wildman–Crippen MR) is 415 cm³/mol. The normalized spacial score (nSPS) is 13.7. The zero-order valence-corrected chi connectivity index (χ0v) is 64.4. The van der Waals surface area contributed by atoms with Gasteiger partial charge in [-0.2, -0.15) is 15.0 Å². The summed E-state index contributed by atoms with van der Waals surface area (Å²) in [5.41, 5.74) is 2.74. The molecule has 600 valence electrons. The number of carbonyl (C=O) groups is 6. The third kappa shape index (κ3) is 19.0. The van der Waals surface area contributed by atoms with Crippen LogP contribution in [0.2, 0.25) is 15.1 Å². The van der Waals surface area contributed by atoms with Gasteiger partial charge in [0.2, 0.25) is 47.8 Å². The van der Waals surface area contributed by atoms with Crippen molar-refractivity contribution in [2.24, 2.45) is 5.73 Å². The van der Waals surface area contributed by atoms with Crippen molar-refractivity contribution in [3.8, 4) is 50.6 Å². The molecule has 7 amide bonds. The van der Waals surface area contributed by atoms with E-state index in [9.17, 15) is 67.5 Å². The fourth-order valence-corrected chi connectivity index (χ4v) is 13.5. The number of nitrogens with zero attached hydrogens (tertiary/aromatic N) is 15. The van der Waals surface area contributed by atoms with E-state index in [1.807, 2.05) is 9.80 Å². The monoisotopic (exact) mass is 1630 g/mol. The maximum Gasteiger partial charge on any atom is 0.314 e. The van der Waals surface area contributed by atoms with Gasteiger partial charge in [-0.3, -0.25) is 24.0 Å². The number of nitrogens with two attached hydrogens (primary N) is 1. The number of phenolic OH excluding ortho intramolecular Hbond substituents is 3. The van der Waals surface area contributed by atoms with E-state index >= 15 is 13.2 Å². The number of aromatic nitrogens is 6. The Bertz CT molecular complexity index is 4870. The summed E-state index contributed by atoms with van der Waals surface area (Å²) in [4.78, 5) is 112. The fraction of sp³-hybridized carbons (Fsp3) is 0.351. The van der Waals surface area contributed by atoms with Gasteiger partial charge in [-0.15, -0.1) is 0 Å². The molecule has 3 saturated heterocycles. The van der Waals surface area contributed by atoms with Crippen LogP contribution >= 0.6 is 34.8 Å². The van der Waals surface area contributed by atoms with Gasteiger partial charge in [0.05, 0.1) is 31.8 Å². The van der Waals surface area contributed by atoms with Gasteiger partial charge in [-0.1, -0.05) is 53.0 Å². The highest BCUT2D eigenvalue weighted by Gasteiger charge is 2.33. The van der Waals surface area contributed by atoms with Crippen LogP contribution < -0.4 is 36.4 Å². The van der Waals surface area contributed by atoms with Crippen LogP contribution in [-0.4, -0.2) is 267 Å². The van der Waals surface area contributed by atoms with Crippen LogP contribution in [0.4, 0.5) is 66.4 Å². The molecule has 0 spiro atoms. The quantitative estimate of drug-likeness (QED) is 0.0271. The first-order chi connectivity index (χ1) is 53.6. The number of benzene rings is 6. The van der Waals surface area contributed by atoms with Crippen molar-refractivity contribution in [3.05, 3.63) is 123 Å². The minimum Gasteiger partial charge on any atom is -0.507 e. The van der Waals surface area contributed by atoms with Gasteiger partial charge in [0.15, 0.2) is 17.5 Å². The maximum absolute atomic E-state index is 16.0. The van der Waals surface area contributed by atoms with E-state index in [-0.39, 0.29) is 183 Å². The van der Waals surface area contributed by atoms with E-state index in [0.29, 0.717) is 69.4 Å². The molecule has 6 heterocycles. The van der Waals surface area contributed by atoms with Crippen LogP contribution in [0.15, 0.2) is 72.8 Å². The maximum atomic E-state index is 16.0. The van der Waals surface area contributed by atoms with E-state index in [1.54, 1.807) is 52.1 Å². The molecule has 0 unspecified atom stereocenters. The molecule has 6 aromatic carbocycles. The lowest BCUT2D eigenvalue weighted by atomic mass is 10.0. The lowest BCUT2D eigenvalue weighted by Crippen LogP contribution is -2.51. The summed E-state index contributed by atoms with van der Waals surface area (Å²) in [5.74, 6) is -6.95. The number of anilines is 6. The number of primary amides is 1. The van der Waals surface area contributed by atoms with Crippen LogP contribution in [0, 0.1) is 34.9 Å². The summed E-state index contributed by atoms with van der Waals surface area (Å²) in [6.07, 6.45) is -1.69. The highest BCUT2D eigenvalue weighted by Crippen LogP contribution is 2.47. The van der Waals surface area contributed by atoms with Gasteiger partial charge in [-0.25, -0.2) is 46.1 Å². The Labute approximate surface area is 657 Å². The Hall–Kier alpha value is -11.5. The predicted octanol–water partition coefficient (Wildman–Crippen LogP) is 8.30. The Kier molecular flexibility index (Phi) is 27.0. The largest absolute Gasteiger partial charge is 0.507 e. The zero-order chi connectivity index (χ0) is 82.1. The lowest BCUT2D eigenvalue weighted by Gasteiger charge is -2.36. The topological polar surface area (TPSA) is 372 Å². The third-order valence-electron chi connectivity index (χ3n) is 18.7. The number of carbonyl (C=O) groups excluding carboxylic acids is 6. The van der Waals surface area contributed by atoms with Crippen molar-refractivity contribution in [2.75, 3.05) is 171 Å². The summed E-state index contributed by atoms with van der Waals surface area (Å²) < 4.78 is 92.0. The second kappa shape index (κ2) is 36.3. The molecule has 113 heavy (non-hydrogen) atoms. The molecule has 3 fully saturated rings. The third-order valence-corrected chi connectivity index (χ3v) is 19.6. The Balaban J connectivity index is 0.000000180. The number of hydrogen-bond donors (Lipinski definition) is 9. The van der Waals surface area contributed by atoms with E-state index in [0.717, 1.165) is 18.2 Å². The number of amides is 7. The summed E-state index contributed by atoms with van der Waals surface area (Å²) >= 11 is 19.3. The molecule has 10 N–H and O–H groups in total. The fourth-order valence-electron chi connectivity index (χ4n) is 12.7. The first-order valence-corrected chi connectivity index (χ1v) is 36.3. The standard InChI is InChI=1S/C25H27ClF2N6O5.C25H27ClF2N6O3.C24H26ClF2N7O3/c1-32(2)17(36)6-7-29-25-30-21-13(22(31-25)33-8-10-34(11-9-33)23(37)24(38)39)12-14(26)18(20(21)28)19-15(27)4-3-5-16(19)35;1-14(35)33-9-11-34(12-10-33)24-15-13-16(26)20(21-17(27)5-4-6-18(21)36)22(28)23(15)30-25(31-24)29-8-7-19(37)32(2)3;1-32(2)17(36)6-7-29-24-30-21-13(22(31-24)33-8-10-34(11-9-33)23(28)37)12-14(25)18(20(21)27)19-15(26)4-3-5-16(19)35/h3-5,12,24,35,38-39H,6-11H2,1-2H3,(H,29,30,31);4-6,13,36H,7-12H2,1-3H3,(H,29,30,31);3-5,12,35H,6-11H2,1-2H3,(H2,28,37)(H,29,30,31). The molecule has 39 heteroatoms. The number of hydrogen-bond acceptors (Lipinski definition) is 23. The van der Waals surface area contributed by atoms with E-state index in [1.165, 1.54) is 86.0 Å². The lowest BCUT2D eigenvalue weighted by molar-refractivity contribution is -0.159. The molecule has 3 aromatic heterocycles. The summed E-state index contributed by atoms with van der Waals surface area (Å²) in [7, 11) is 9.80. The van der Waals surface area contributed by atoms with Crippen molar-refractivity contribution in [2.45, 2.75) is 32.5 Å². The van der Waals surface area contributed by atoms with Crippen LogP contribution in [-0.2, 0) is 24.0 Å². The molecule has 3 aliphatic heterocycles. The number of nitrogens with one attached hydrogen (secondary N) is 3. The van der Waals surface area contributed by atoms with Gasteiger partial charge in [-0.05, 0) is 54.6 Å². The van der Waals surface area contributed by atoms with Gasteiger partial charge >= 0.3 is 6.03 Å². The highest BCUT2D eigenvalue weighted by atomic mass is 35.5. The average Bonchev–Trinajstić information content (AvgIpc) is 0.759. The molecule has 0 radical (unpaired) electrons. The molecular formula is C74H80Cl3F6N19O11. The number of halogens is 9. The van der Waals surface area contributed by atoms with Crippen molar-refractivity contribution in [1.29, 1.82) is 0 Å². The van der Waals surface area contributed by atoms with E-state index in [4.69, 9.17) is 40.5 Å². The number of urea groups is 1. The molecule has 3 aliphatic rings. The van der Waals surface area contributed by atoms with Gasteiger partial charge < -0.3 is 91.3 Å². The number of aliphatic hydroxyl groups excluding tert-OH is 1. The molecule has 9 aromatic rings. The van der Waals surface area contributed by atoms with Crippen LogP contribution in [0.3, 0.4) is 0 Å².